The molecule has 4 heteroatoms. The van der Waals surface area contributed by atoms with Crippen LogP contribution in [0.3, 0.4) is 0 Å². The largest absolute Gasteiger partial charge is 0.367 e. The van der Waals surface area contributed by atoms with Gasteiger partial charge >= 0.3 is 0 Å². The second kappa shape index (κ2) is 6.34. The van der Waals surface area contributed by atoms with Crippen molar-refractivity contribution in [2.75, 3.05) is 5.32 Å². The summed E-state index contributed by atoms with van der Waals surface area (Å²) in [6, 6.07) is 7.66. The van der Waals surface area contributed by atoms with E-state index in [9.17, 15) is 4.79 Å². The minimum absolute atomic E-state index is 0.0288. The molecular weight excluding hydrogens is 286 g/mol. The number of pyridine rings is 1. The molecule has 1 saturated carbocycles. The lowest BCUT2D eigenvalue weighted by Crippen LogP contribution is -2.33. The molecule has 1 fully saturated rings. The van der Waals surface area contributed by atoms with Crippen LogP contribution in [0.25, 0.3) is 5.65 Å². The number of aromatic nitrogens is 2. The van der Waals surface area contributed by atoms with Crippen LogP contribution in [0.15, 0.2) is 35.3 Å². The van der Waals surface area contributed by atoms with E-state index in [1.165, 1.54) is 19.3 Å². The predicted molar refractivity (Wildman–Crippen MR) is 94.9 cm³/mol. The topological polar surface area (TPSA) is 46.4 Å². The van der Waals surface area contributed by atoms with Gasteiger partial charge in [0.2, 0.25) is 0 Å². The van der Waals surface area contributed by atoms with Crippen molar-refractivity contribution in [2.45, 2.75) is 58.9 Å². The first-order chi connectivity index (χ1) is 11.0. The standard InChI is InChI=1S/C19H27N3O/c1-4-19(2,3)14-8-10-15(11-9-14)20-16-13-18(23)22-12-6-5-7-17(22)21-16/h5-7,12-15,20H,4,8-11H2,1-3H3. The molecule has 0 spiro atoms. The SMILES string of the molecule is CCC(C)(C)C1CCC(Nc2cc(=O)n3ccccc3n2)CC1. The summed E-state index contributed by atoms with van der Waals surface area (Å²) in [6.45, 7) is 7.06. The van der Waals surface area contributed by atoms with Gasteiger partial charge in [0.05, 0.1) is 0 Å². The van der Waals surface area contributed by atoms with Gasteiger partial charge in [0, 0.05) is 18.3 Å². The van der Waals surface area contributed by atoms with Crippen molar-refractivity contribution in [2.24, 2.45) is 11.3 Å². The molecule has 0 saturated heterocycles. The van der Waals surface area contributed by atoms with E-state index >= 15 is 0 Å². The Labute approximate surface area is 137 Å². The summed E-state index contributed by atoms with van der Waals surface area (Å²) in [5, 5.41) is 3.48. The van der Waals surface area contributed by atoms with Crippen LogP contribution in [0.5, 0.6) is 0 Å². The highest BCUT2D eigenvalue weighted by molar-refractivity contribution is 5.46. The Balaban J connectivity index is 1.69. The van der Waals surface area contributed by atoms with Crippen LogP contribution in [0, 0.1) is 11.3 Å². The molecule has 1 aliphatic rings. The fourth-order valence-electron chi connectivity index (χ4n) is 3.64. The molecule has 1 aliphatic carbocycles. The third-order valence-electron chi connectivity index (χ3n) is 5.67. The molecule has 0 aliphatic heterocycles. The lowest BCUT2D eigenvalue weighted by atomic mass is 9.69. The van der Waals surface area contributed by atoms with Crippen LogP contribution >= 0.6 is 0 Å². The molecule has 2 aromatic rings. The van der Waals surface area contributed by atoms with Gasteiger partial charge in [-0.25, -0.2) is 4.98 Å². The van der Waals surface area contributed by atoms with E-state index in [0.717, 1.165) is 18.8 Å². The third kappa shape index (κ3) is 3.41. The summed E-state index contributed by atoms with van der Waals surface area (Å²) in [6.07, 6.45) is 7.81. The maximum Gasteiger partial charge on any atom is 0.259 e. The Hall–Kier alpha value is -1.84. The van der Waals surface area contributed by atoms with E-state index in [0.29, 0.717) is 22.9 Å². The van der Waals surface area contributed by atoms with Crippen molar-refractivity contribution >= 4 is 11.5 Å². The van der Waals surface area contributed by atoms with Gasteiger partial charge in [0.25, 0.3) is 5.56 Å². The normalized spacial score (nSPS) is 22.2. The van der Waals surface area contributed by atoms with Crippen LogP contribution in [-0.4, -0.2) is 15.4 Å². The van der Waals surface area contributed by atoms with Gasteiger partial charge in [-0.15, -0.1) is 0 Å². The highest BCUT2D eigenvalue weighted by Crippen LogP contribution is 2.40. The Bertz CT molecular complexity index is 727. The number of fused-ring (bicyclic) bond motifs is 1. The smallest absolute Gasteiger partial charge is 0.259 e. The molecule has 124 valence electrons. The molecule has 23 heavy (non-hydrogen) atoms. The minimum atomic E-state index is -0.0288. The van der Waals surface area contributed by atoms with E-state index in [-0.39, 0.29) is 5.56 Å². The lowest BCUT2D eigenvalue weighted by Gasteiger charge is -2.39. The number of nitrogens with zero attached hydrogens (tertiary/aromatic N) is 2. The zero-order valence-electron chi connectivity index (χ0n) is 14.4. The van der Waals surface area contributed by atoms with Gasteiger partial charge < -0.3 is 5.32 Å². The highest BCUT2D eigenvalue weighted by Gasteiger charge is 2.31. The van der Waals surface area contributed by atoms with Gasteiger partial charge in [-0.05, 0) is 49.1 Å². The quantitative estimate of drug-likeness (QED) is 0.924. The molecule has 0 atom stereocenters. The summed E-state index contributed by atoms with van der Waals surface area (Å²) < 4.78 is 1.58. The molecular formula is C19H27N3O. The molecule has 0 radical (unpaired) electrons. The monoisotopic (exact) mass is 313 g/mol. The van der Waals surface area contributed by atoms with Gasteiger partial charge in [0.15, 0.2) is 0 Å². The van der Waals surface area contributed by atoms with Crippen molar-refractivity contribution in [3.63, 3.8) is 0 Å². The maximum atomic E-state index is 12.1. The number of rotatable bonds is 4. The first-order valence-corrected chi connectivity index (χ1v) is 8.74. The molecule has 3 rings (SSSR count). The van der Waals surface area contributed by atoms with Crippen LogP contribution in [0.4, 0.5) is 5.82 Å². The fourth-order valence-corrected chi connectivity index (χ4v) is 3.64. The molecule has 0 unspecified atom stereocenters. The molecule has 0 amide bonds. The molecule has 0 aromatic carbocycles. The second-order valence-electron chi connectivity index (χ2n) is 7.44. The second-order valence-corrected chi connectivity index (χ2v) is 7.44. The van der Waals surface area contributed by atoms with Gasteiger partial charge in [-0.2, -0.15) is 0 Å². The number of anilines is 1. The zero-order chi connectivity index (χ0) is 16.4. The molecule has 1 N–H and O–H groups in total. The molecule has 0 bridgehead atoms. The number of hydrogen-bond acceptors (Lipinski definition) is 3. The third-order valence-corrected chi connectivity index (χ3v) is 5.67. The first-order valence-electron chi connectivity index (χ1n) is 8.74. The van der Waals surface area contributed by atoms with Crippen LogP contribution in [0.2, 0.25) is 0 Å². The average molecular weight is 313 g/mol. The lowest BCUT2D eigenvalue weighted by molar-refractivity contribution is 0.147. The zero-order valence-corrected chi connectivity index (χ0v) is 14.4. The first kappa shape index (κ1) is 16.0. The number of hydrogen-bond donors (Lipinski definition) is 1. The summed E-state index contributed by atoms with van der Waals surface area (Å²) >= 11 is 0. The van der Waals surface area contributed by atoms with Gasteiger partial charge in [0.1, 0.15) is 11.5 Å². The van der Waals surface area contributed by atoms with Gasteiger partial charge in [-0.3, -0.25) is 9.20 Å². The summed E-state index contributed by atoms with van der Waals surface area (Å²) in [4.78, 5) is 16.7. The van der Waals surface area contributed by atoms with Crippen LogP contribution in [-0.2, 0) is 0 Å². The Morgan fingerprint density at radius 1 is 1.26 bits per heavy atom. The predicted octanol–water partition coefficient (Wildman–Crippen LogP) is 4.10. The van der Waals surface area contributed by atoms with Crippen molar-refractivity contribution in [3.05, 3.63) is 40.8 Å². The van der Waals surface area contributed by atoms with Crippen LogP contribution < -0.4 is 10.9 Å². The van der Waals surface area contributed by atoms with Gasteiger partial charge in [-0.1, -0.05) is 33.3 Å². The van der Waals surface area contributed by atoms with Crippen molar-refractivity contribution in [1.29, 1.82) is 0 Å². The Morgan fingerprint density at radius 2 is 2.00 bits per heavy atom. The average Bonchev–Trinajstić information content (AvgIpc) is 2.55. The maximum absolute atomic E-state index is 12.1. The van der Waals surface area contributed by atoms with Crippen LogP contribution in [0.1, 0.15) is 52.9 Å². The van der Waals surface area contributed by atoms with E-state index in [1.807, 2.05) is 18.2 Å². The Morgan fingerprint density at radius 3 is 2.70 bits per heavy atom. The fraction of sp³-hybridized carbons (Fsp3) is 0.579. The highest BCUT2D eigenvalue weighted by atomic mass is 16.1. The van der Waals surface area contributed by atoms with Crippen molar-refractivity contribution < 1.29 is 0 Å². The minimum Gasteiger partial charge on any atom is -0.367 e. The van der Waals surface area contributed by atoms with E-state index in [4.69, 9.17) is 0 Å². The molecule has 4 nitrogen and oxygen atoms in total. The Kier molecular flexibility index (Phi) is 4.42. The summed E-state index contributed by atoms with van der Waals surface area (Å²) in [7, 11) is 0. The summed E-state index contributed by atoms with van der Waals surface area (Å²) in [5.41, 5.74) is 1.10. The van der Waals surface area contributed by atoms with E-state index in [1.54, 1.807) is 16.7 Å². The van der Waals surface area contributed by atoms with Crippen molar-refractivity contribution in [1.82, 2.24) is 9.38 Å². The van der Waals surface area contributed by atoms with E-state index < -0.39 is 0 Å². The number of nitrogens with one attached hydrogen (secondary N) is 1. The molecule has 2 aromatic heterocycles. The van der Waals surface area contributed by atoms with E-state index in [2.05, 4.69) is 31.1 Å². The van der Waals surface area contributed by atoms with Crippen molar-refractivity contribution in [3.8, 4) is 0 Å². The summed E-state index contributed by atoms with van der Waals surface area (Å²) in [5.74, 6) is 1.51. The molecule has 2 heterocycles.